The van der Waals surface area contributed by atoms with Crippen molar-refractivity contribution in [2.45, 2.75) is 20.3 Å². The molecule has 0 saturated heterocycles. The average Bonchev–Trinajstić information content (AvgIpc) is 2.65. The number of carbonyl (C=O) groups is 2. The maximum absolute atomic E-state index is 12.3. The first-order valence-electron chi connectivity index (χ1n) is 8.42. The van der Waals surface area contributed by atoms with E-state index in [1.807, 2.05) is 0 Å². The van der Waals surface area contributed by atoms with E-state index in [0.29, 0.717) is 39.6 Å². The van der Waals surface area contributed by atoms with Gasteiger partial charge in [-0.1, -0.05) is 13.8 Å². The Balaban J connectivity index is 1.98. The zero-order chi connectivity index (χ0) is 19.8. The van der Waals surface area contributed by atoms with Crippen molar-refractivity contribution in [1.29, 1.82) is 0 Å². The normalized spacial score (nSPS) is 10.4. The lowest BCUT2D eigenvalue weighted by Gasteiger charge is -2.13. The Kier molecular flexibility index (Phi) is 7.60. The third-order valence-electron chi connectivity index (χ3n) is 3.64. The summed E-state index contributed by atoms with van der Waals surface area (Å²) < 4.78 is 11.7. The molecule has 0 aliphatic heterocycles. The van der Waals surface area contributed by atoms with E-state index in [-0.39, 0.29) is 0 Å². The predicted octanol–water partition coefficient (Wildman–Crippen LogP) is 3.35. The van der Waals surface area contributed by atoms with Gasteiger partial charge < -0.3 is 9.47 Å². The van der Waals surface area contributed by atoms with Crippen molar-refractivity contribution in [3.05, 3.63) is 52.3 Å². The summed E-state index contributed by atoms with van der Waals surface area (Å²) in [5.74, 6) is 0.606. The molecule has 7 nitrogen and oxygen atoms in total. The van der Waals surface area contributed by atoms with Crippen LogP contribution in [0.15, 0.2) is 41.1 Å². The quantitative estimate of drug-likeness (QED) is 0.650. The van der Waals surface area contributed by atoms with Crippen LogP contribution in [0.25, 0.3) is 0 Å². The lowest BCUT2D eigenvalue weighted by atomic mass is 10.1. The molecule has 1 aromatic carbocycles. The standard InChI is InChI=1S/C19H22BrN3O4/c1-12(2)6-7-27-16-5-4-13(9-17(16)26-3)18(24)22-23-19(25)14-8-15(20)11-21-10-14/h4-5,8-12H,6-7H2,1-3H3,(H,22,24)(H,23,25). The number of ether oxygens (including phenoxy) is 2. The number of pyridine rings is 1. The Labute approximate surface area is 166 Å². The molecule has 0 unspecified atom stereocenters. The third kappa shape index (κ3) is 6.25. The van der Waals surface area contributed by atoms with Crippen molar-refractivity contribution in [3.8, 4) is 11.5 Å². The number of nitrogens with zero attached hydrogens (tertiary/aromatic N) is 1. The van der Waals surface area contributed by atoms with E-state index in [2.05, 4.69) is 45.6 Å². The fourth-order valence-electron chi connectivity index (χ4n) is 2.13. The van der Waals surface area contributed by atoms with Crippen LogP contribution in [0.4, 0.5) is 0 Å². The molecule has 0 bridgehead atoms. The van der Waals surface area contributed by atoms with Gasteiger partial charge in [-0.15, -0.1) is 0 Å². The number of methoxy groups -OCH3 is 1. The summed E-state index contributed by atoms with van der Waals surface area (Å²) in [5, 5.41) is 0. The summed E-state index contributed by atoms with van der Waals surface area (Å²) >= 11 is 3.24. The summed E-state index contributed by atoms with van der Waals surface area (Å²) in [5.41, 5.74) is 5.36. The number of hydrazine groups is 1. The molecule has 0 spiro atoms. The predicted molar refractivity (Wildman–Crippen MR) is 105 cm³/mol. The van der Waals surface area contributed by atoms with Gasteiger partial charge in [0, 0.05) is 22.4 Å². The Morgan fingerprint density at radius 2 is 1.78 bits per heavy atom. The second-order valence-corrected chi connectivity index (χ2v) is 7.11. The highest BCUT2D eigenvalue weighted by atomic mass is 79.9. The van der Waals surface area contributed by atoms with Gasteiger partial charge in [-0.25, -0.2) is 0 Å². The average molecular weight is 436 g/mol. The van der Waals surface area contributed by atoms with Gasteiger partial charge in [-0.05, 0) is 52.5 Å². The van der Waals surface area contributed by atoms with E-state index in [4.69, 9.17) is 9.47 Å². The maximum Gasteiger partial charge on any atom is 0.271 e. The summed E-state index contributed by atoms with van der Waals surface area (Å²) in [6.07, 6.45) is 3.88. The number of carbonyl (C=O) groups excluding carboxylic acids is 2. The van der Waals surface area contributed by atoms with Crippen molar-refractivity contribution in [2.75, 3.05) is 13.7 Å². The molecule has 2 rings (SSSR count). The smallest absolute Gasteiger partial charge is 0.271 e. The van der Waals surface area contributed by atoms with Gasteiger partial charge >= 0.3 is 0 Å². The van der Waals surface area contributed by atoms with E-state index in [9.17, 15) is 9.59 Å². The highest BCUT2D eigenvalue weighted by Gasteiger charge is 2.13. The molecule has 1 aromatic heterocycles. The molecule has 0 saturated carbocycles. The fourth-order valence-corrected chi connectivity index (χ4v) is 2.49. The molecule has 8 heteroatoms. The molecule has 0 aliphatic rings. The summed E-state index contributed by atoms with van der Waals surface area (Å²) in [6.45, 7) is 4.80. The van der Waals surface area contributed by atoms with E-state index < -0.39 is 11.8 Å². The zero-order valence-electron chi connectivity index (χ0n) is 15.4. The van der Waals surface area contributed by atoms with Gasteiger partial charge in [-0.2, -0.15) is 0 Å². The molecule has 0 aliphatic carbocycles. The van der Waals surface area contributed by atoms with Crippen LogP contribution >= 0.6 is 15.9 Å². The first-order valence-corrected chi connectivity index (χ1v) is 9.22. The van der Waals surface area contributed by atoms with E-state index in [1.54, 1.807) is 30.5 Å². The summed E-state index contributed by atoms with van der Waals surface area (Å²) in [6, 6.07) is 6.44. The van der Waals surface area contributed by atoms with E-state index in [0.717, 1.165) is 6.42 Å². The molecule has 2 N–H and O–H groups in total. The fraction of sp³-hybridized carbons (Fsp3) is 0.316. The molecule has 1 heterocycles. The number of rotatable bonds is 7. The minimum atomic E-state index is -0.474. The maximum atomic E-state index is 12.3. The van der Waals surface area contributed by atoms with Crippen LogP contribution in [0, 0.1) is 5.92 Å². The van der Waals surface area contributed by atoms with E-state index in [1.165, 1.54) is 13.3 Å². The Hall–Kier alpha value is -2.61. The Morgan fingerprint density at radius 3 is 2.41 bits per heavy atom. The largest absolute Gasteiger partial charge is 0.493 e. The number of aromatic nitrogens is 1. The second-order valence-electron chi connectivity index (χ2n) is 6.20. The highest BCUT2D eigenvalue weighted by Crippen LogP contribution is 2.28. The number of nitrogens with one attached hydrogen (secondary N) is 2. The van der Waals surface area contributed by atoms with Gasteiger partial charge in [0.15, 0.2) is 11.5 Å². The zero-order valence-corrected chi connectivity index (χ0v) is 17.0. The monoisotopic (exact) mass is 435 g/mol. The Morgan fingerprint density at radius 1 is 1.07 bits per heavy atom. The molecule has 0 fully saturated rings. The third-order valence-corrected chi connectivity index (χ3v) is 4.07. The van der Waals surface area contributed by atoms with Crippen molar-refractivity contribution >= 4 is 27.7 Å². The van der Waals surface area contributed by atoms with Crippen LogP contribution in [0.2, 0.25) is 0 Å². The van der Waals surface area contributed by atoms with Crippen LogP contribution in [0.3, 0.4) is 0 Å². The second kappa shape index (κ2) is 9.91. The minimum absolute atomic E-state index is 0.316. The first kappa shape index (κ1) is 20.7. The lowest BCUT2D eigenvalue weighted by molar-refractivity contribution is 0.0846. The van der Waals surface area contributed by atoms with Gasteiger partial charge in [0.05, 0.1) is 19.3 Å². The molecule has 0 atom stereocenters. The van der Waals surface area contributed by atoms with Crippen LogP contribution in [0.1, 0.15) is 41.0 Å². The number of amides is 2. The molecule has 144 valence electrons. The SMILES string of the molecule is COc1cc(C(=O)NNC(=O)c2cncc(Br)c2)ccc1OCCC(C)C. The van der Waals surface area contributed by atoms with Crippen LogP contribution < -0.4 is 20.3 Å². The van der Waals surface area contributed by atoms with Crippen LogP contribution in [-0.2, 0) is 0 Å². The van der Waals surface area contributed by atoms with Crippen molar-refractivity contribution in [1.82, 2.24) is 15.8 Å². The lowest BCUT2D eigenvalue weighted by Crippen LogP contribution is -2.41. The first-order chi connectivity index (χ1) is 12.9. The summed E-state index contributed by atoms with van der Waals surface area (Å²) in [7, 11) is 1.51. The van der Waals surface area contributed by atoms with Crippen molar-refractivity contribution in [3.63, 3.8) is 0 Å². The molecule has 2 aromatic rings. The van der Waals surface area contributed by atoms with E-state index >= 15 is 0 Å². The summed E-state index contributed by atoms with van der Waals surface area (Å²) in [4.78, 5) is 28.2. The minimum Gasteiger partial charge on any atom is -0.493 e. The molecule has 0 radical (unpaired) electrons. The topological polar surface area (TPSA) is 89.6 Å². The van der Waals surface area contributed by atoms with Gasteiger partial charge in [-0.3, -0.25) is 25.4 Å². The van der Waals surface area contributed by atoms with Gasteiger partial charge in [0.2, 0.25) is 0 Å². The number of hydrogen-bond donors (Lipinski definition) is 2. The van der Waals surface area contributed by atoms with Crippen LogP contribution in [0.5, 0.6) is 11.5 Å². The number of hydrogen-bond acceptors (Lipinski definition) is 5. The Bertz CT molecular complexity index is 811. The van der Waals surface area contributed by atoms with Gasteiger partial charge in [0.25, 0.3) is 11.8 Å². The molecular formula is C19H22BrN3O4. The molecule has 27 heavy (non-hydrogen) atoms. The number of halogens is 1. The highest BCUT2D eigenvalue weighted by molar-refractivity contribution is 9.10. The van der Waals surface area contributed by atoms with Crippen LogP contribution in [-0.4, -0.2) is 30.5 Å². The molecular weight excluding hydrogens is 414 g/mol. The van der Waals surface area contributed by atoms with Gasteiger partial charge in [0.1, 0.15) is 0 Å². The molecule has 2 amide bonds. The van der Waals surface area contributed by atoms with Crippen molar-refractivity contribution in [2.24, 2.45) is 5.92 Å². The number of benzene rings is 1. The van der Waals surface area contributed by atoms with Crippen molar-refractivity contribution < 1.29 is 19.1 Å².